The summed E-state index contributed by atoms with van der Waals surface area (Å²) in [5, 5.41) is 3.30. The van der Waals surface area contributed by atoms with Gasteiger partial charge in [0, 0.05) is 23.2 Å². The second kappa shape index (κ2) is 7.14. The van der Waals surface area contributed by atoms with Crippen LogP contribution in [0.5, 0.6) is 0 Å². The number of hydrogen-bond acceptors (Lipinski definition) is 3. The SMILES string of the molecule is NC(=O)c1cc(Cc2ccccc2)sc1NC(=O)Cc1ccc[nH]1. The molecule has 0 atom stereocenters. The van der Waals surface area contributed by atoms with E-state index in [2.05, 4.69) is 10.3 Å². The number of aromatic nitrogens is 1. The van der Waals surface area contributed by atoms with Gasteiger partial charge < -0.3 is 16.0 Å². The lowest BCUT2D eigenvalue weighted by Crippen LogP contribution is -2.17. The third-order valence-electron chi connectivity index (χ3n) is 3.54. The number of aromatic amines is 1. The maximum Gasteiger partial charge on any atom is 0.251 e. The van der Waals surface area contributed by atoms with Gasteiger partial charge in [0.2, 0.25) is 5.91 Å². The van der Waals surface area contributed by atoms with Gasteiger partial charge in [-0.2, -0.15) is 0 Å². The van der Waals surface area contributed by atoms with Crippen molar-refractivity contribution in [2.75, 3.05) is 5.32 Å². The molecular weight excluding hydrogens is 322 g/mol. The number of nitrogens with one attached hydrogen (secondary N) is 2. The van der Waals surface area contributed by atoms with Crippen LogP contribution in [0.2, 0.25) is 0 Å². The average Bonchev–Trinajstić information content (AvgIpc) is 3.18. The van der Waals surface area contributed by atoms with Crippen LogP contribution in [0.4, 0.5) is 5.00 Å². The minimum atomic E-state index is -0.541. The van der Waals surface area contributed by atoms with E-state index in [1.54, 1.807) is 12.3 Å². The van der Waals surface area contributed by atoms with Gasteiger partial charge in [0.15, 0.2) is 0 Å². The first-order valence-corrected chi connectivity index (χ1v) is 8.32. The first kappa shape index (κ1) is 16.0. The number of nitrogens with two attached hydrogens (primary N) is 1. The van der Waals surface area contributed by atoms with Gasteiger partial charge in [-0.3, -0.25) is 9.59 Å². The van der Waals surface area contributed by atoms with E-state index >= 15 is 0 Å². The van der Waals surface area contributed by atoms with Gasteiger partial charge in [0.25, 0.3) is 5.91 Å². The van der Waals surface area contributed by atoms with Crippen LogP contribution in [-0.2, 0) is 17.6 Å². The van der Waals surface area contributed by atoms with Gasteiger partial charge in [-0.25, -0.2) is 0 Å². The zero-order valence-electron chi connectivity index (χ0n) is 12.9. The molecule has 0 fully saturated rings. The van der Waals surface area contributed by atoms with Crippen molar-refractivity contribution >= 4 is 28.2 Å². The molecule has 5 nitrogen and oxygen atoms in total. The molecule has 122 valence electrons. The molecule has 6 heteroatoms. The Hall–Kier alpha value is -2.86. The van der Waals surface area contributed by atoms with Crippen molar-refractivity contribution in [2.45, 2.75) is 12.8 Å². The molecule has 2 aromatic heterocycles. The molecule has 0 unspecified atom stereocenters. The highest BCUT2D eigenvalue weighted by Gasteiger charge is 2.16. The van der Waals surface area contributed by atoms with E-state index in [1.807, 2.05) is 42.5 Å². The Morgan fingerprint density at radius 1 is 1.12 bits per heavy atom. The lowest BCUT2D eigenvalue weighted by Gasteiger charge is -2.03. The summed E-state index contributed by atoms with van der Waals surface area (Å²) in [5.41, 5.74) is 7.75. The van der Waals surface area contributed by atoms with Crippen molar-refractivity contribution in [3.8, 4) is 0 Å². The van der Waals surface area contributed by atoms with E-state index in [9.17, 15) is 9.59 Å². The third-order valence-corrected chi connectivity index (χ3v) is 4.59. The highest BCUT2D eigenvalue weighted by atomic mass is 32.1. The summed E-state index contributed by atoms with van der Waals surface area (Å²) in [4.78, 5) is 27.8. The molecule has 0 bridgehead atoms. The fourth-order valence-electron chi connectivity index (χ4n) is 2.42. The van der Waals surface area contributed by atoms with Crippen molar-refractivity contribution in [1.82, 2.24) is 4.98 Å². The fourth-order valence-corrected chi connectivity index (χ4v) is 3.54. The molecule has 3 rings (SSSR count). The van der Waals surface area contributed by atoms with E-state index in [1.165, 1.54) is 11.3 Å². The molecule has 3 aromatic rings. The molecule has 0 aliphatic heterocycles. The summed E-state index contributed by atoms with van der Waals surface area (Å²) < 4.78 is 0. The highest BCUT2D eigenvalue weighted by molar-refractivity contribution is 7.16. The molecule has 2 amide bonds. The van der Waals surface area contributed by atoms with Gasteiger partial charge in [-0.1, -0.05) is 30.3 Å². The molecule has 4 N–H and O–H groups in total. The van der Waals surface area contributed by atoms with Crippen LogP contribution < -0.4 is 11.1 Å². The van der Waals surface area contributed by atoms with Crippen molar-refractivity contribution in [1.29, 1.82) is 0 Å². The lowest BCUT2D eigenvalue weighted by atomic mass is 10.1. The number of carbonyl (C=O) groups is 2. The number of H-pyrrole nitrogens is 1. The van der Waals surface area contributed by atoms with Crippen LogP contribution in [0, 0.1) is 0 Å². The first-order chi connectivity index (χ1) is 11.6. The maximum atomic E-state index is 12.1. The van der Waals surface area contributed by atoms with Gasteiger partial charge in [0.05, 0.1) is 12.0 Å². The molecular formula is C18H17N3O2S. The van der Waals surface area contributed by atoms with Crippen molar-refractivity contribution in [3.63, 3.8) is 0 Å². The topological polar surface area (TPSA) is 88.0 Å². The number of carbonyl (C=O) groups excluding carboxylic acids is 2. The molecule has 0 aliphatic carbocycles. The minimum Gasteiger partial charge on any atom is -0.366 e. The summed E-state index contributed by atoms with van der Waals surface area (Å²) >= 11 is 1.38. The third kappa shape index (κ3) is 3.91. The summed E-state index contributed by atoms with van der Waals surface area (Å²) in [6.45, 7) is 0. The minimum absolute atomic E-state index is 0.187. The molecule has 0 saturated carbocycles. The number of thiophene rings is 1. The first-order valence-electron chi connectivity index (χ1n) is 7.50. The van der Waals surface area contributed by atoms with E-state index in [-0.39, 0.29) is 12.3 Å². The van der Waals surface area contributed by atoms with E-state index in [4.69, 9.17) is 5.73 Å². The average molecular weight is 339 g/mol. The molecule has 24 heavy (non-hydrogen) atoms. The Morgan fingerprint density at radius 3 is 2.58 bits per heavy atom. The van der Waals surface area contributed by atoms with Crippen molar-refractivity contribution in [3.05, 3.63) is 76.4 Å². The van der Waals surface area contributed by atoms with Crippen LogP contribution in [0.15, 0.2) is 54.7 Å². The summed E-state index contributed by atoms with van der Waals surface area (Å²) in [7, 11) is 0. The van der Waals surface area contributed by atoms with Crippen LogP contribution in [0.1, 0.15) is 26.5 Å². The quantitative estimate of drug-likeness (QED) is 0.645. The Bertz CT molecular complexity index is 839. The Labute approximate surface area is 143 Å². The molecule has 0 spiro atoms. The van der Waals surface area contributed by atoms with E-state index in [0.717, 1.165) is 16.1 Å². The molecule has 0 radical (unpaired) electrons. The van der Waals surface area contributed by atoms with Gasteiger partial charge in [-0.05, 0) is 23.8 Å². The summed E-state index contributed by atoms with van der Waals surface area (Å²) in [6.07, 6.45) is 2.68. The zero-order valence-corrected chi connectivity index (χ0v) is 13.7. The van der Waals surface area contributed by atoms with Crippen LogP contribution in [0.3, 0.4) is 0 Å². The lowest BCUT2D eigenvalue weighted by molar-refractivity contribution is -0.115. The Balaban J connectivity index is 1.76. The number of primary amides is 1. The van der Waals surface area contributed by atoms with Gasteiger partial charge in [0.1, 0.15) is 5.00 Å². The number of hydrogen-bond donors (Lipinski definition) is 3. The summed E-state index contributed by atoms with van der Waals surface area (Å²) in [6, 6.07) is 15.4. The second-order valence-electron chi connectivity index (χ2n) is 5.40. The van der Waals surface area contributed by atoms with Gasteiger partial charge >= 0.3 is 0 Å². The van der Waals surface area contributed by atoms with E-state index < -0.39 is 5.91 Å². The Morgan fingerprint density at radius 2 is 1.92 bits per heavy atom. The van der Waals surface area contributed by atoms with Crippen LogP contribution >= 0.6 is 11.3 Å². The zero-order chi connectivity index (χ0) is 16.9. The van der Waals surface area contributed by atoms with E-state index in [0.29, 0.717) is 17.0 Å². The number of amides is 2. The molecule has 0 aliphatic rings. The molecule has 2 heterocycles. The van der Waals surface area contributed by atoms with Crippen LogP contribution in [0.25, 0.3) is 0 Å². The fraction of sp³-hybridized carbons (Fsp3) is 0.111. The highest BCUT2D eigenvalue weighted by Crippen LogP contribution is 2.29. The maximum absolute atomic E-state index is 12.1. The smallest absolute Gasteiger partial charge is 0.251 e. The predicted molar refractivity (Wildman–Crippen MR) is 95.2 cm³/mol. The largest absolute Gasteiger partial charge is 0.366 e. The normalized spacial score (nSPS) is 10.5. The molecule has 0 saturated heterocycles. The van der Waals surface area contributed by atoms with Crippen molar-refractivity contribution < 1.29 is 9.59 Å². The number of benzene rings is 1. The number of anilines is 1. The standard InChI is InChI=1S/C18H17N3O2S/c19-17(23)15-11-14(9-12-5-2-1-3-6-12)24-18(15)21-16(22)10-13-7-4-8-20-13/h1-8,11,20H,9-10H2,(H2,19,23)(H,21,22). The second-order valence-corrected chi connectivity index (χ2v) is 6.54. The molecule has 1 aromatic carbocycles. The monoisotopic (exact) mass is 339 g/mol. The van der Waals surface area contributed by atoms with Crippen molar-refractivity contribution in [2.24, 2.45) is 5.73 Å². The number of rotatable bonds is 6. The Kier molecular flexibility index (Phi) is 4.77. The van der Waals surface area contributed by atoms with Crippen LogP contribution in [-0.4, -0.2) is 16.8 Å². The summed E-state index contributed by atoms with van der Waals surface area (Å²) in [5.74, 6) is -0.728. The van der Waals surface area contributed by atoms with Gasteiger partial charge in [-0.15, -0.1) is 11.3 Å². The predicted octanol–water partition coefficient (Wildman–Crippen LogP) is 2.95.